The summed E-state index contributed by atoms with van der Waals surface area (Å²) in [6, 6.07) is 0. The lowest BCUT2D eigenvalue weighted by Crippen LogP contribution is -2.19. The van der Waals surface area contributed by atoms with E-state index in [1.807, 2.05) is 0 Å². The first-order valence-electron chi connectivity index (χ1n) is 7.74. The van der Waals surface area contributed by atoms with Crippen LogP contribution in [0.15, 0.2) is 18.6 Å². The number of aromatic nitrogens is 2. The highest BCUT2D eigenvalue weighted by molar-refractivity contribution is 5.86. The van der Waals surface area contributed by atoms with Crippen LogP contribution in [0, 0.1) is 0 Å². The summed E-state index contributed by atoms with van der Waals surface area (Å²) in [6.07, 6.45) is 13.4. The highest BCUT2D eigenvalue weighted by Crippen LogP contribution is 2.15. The molecule has 0 saturated carbocycles. The molecule has 1 heterocycles. The van der Waals surface area contributed by atoms with Crippen molar-refractivity contribution >= 4 is 5.97 Å². The predicted octanol–water partition coefficient (Wildman–Crippen LogP) is 4.16. The van der Waals surface area contributed by atoms with E-state index in [1.165, 1.54) is 31.7 Å². The van der Waals surface area contributed by atoms with Crippen molar-refractivity contribution in [3.8, 4) is 0 Å². The Morgan fingerprint density at radius 2 is 1.85 bits per heavy atom. The van der Waals surface area contributed by atoms with Crippen molar-refractivity contribution in [2.75, 3.05) is 0 Å². The van der Waals surface area contributed by atoms with Crippen LogP contribution in [0.4, 0.5) is 0 Å². The highest BCUT2D eigenvalue weighted by atomic mass is 16.5. The van der Waals surface area contributed by atoms with Crippen LogP contribution in [0.5, 0.6) is 0 Å². The van der Waals surface area contributed by atoms with E-state index >= 15 is 0 Å². The average Bonchev–Trinajstić information content (AvgIpc) is 2.49. The van der Waals surface area contributed by atoms with E-state index in [2.05, 4.69) is 23.8 Å². The molecule has 0 saturated heterocycles. The Hall–Kier alpha value is -1.45. The van der Waals surface area contributed by atoms with E-state index in [0.717, 1.165) is 32.1 Å². The van der Waals surface area contributed by atoms with Crippen LogP contribution >= 0.6 is 0 Å². The first kappa shape index (κ1) is 16.6. The number of hydrogen-bond donors (Lipinski definition) is 0. The smallest absolute Gasteiger partial charge is 0.358 e. The van der Waals surface area contributed by atoms with Crippen LogP contribution in [0.25, 0.3) is 0 Å². The molecule has 1 rings (SSSR count). The molecule has 0 aromatic carbocycles. The molecule has 1 aromatic rings. The van der Waals surface area contributed by atoms with Crippen molar-refractivity contribution in [2.24, 2.45) is 0 Å². The molecule has 1 unspecified atom stereocenters. The van der Waals surface area contributed by atoms with Gasteiger partial charge in [-0.3, -0.25) is 4.98 Å². The third-order valence-corrected chi connectivity index (χ3v) is 3.31. The number of hydrogen-bond acceptors (Lipinski definition) is 4. The number of carbonyl (C=O) groups excluding carboxylic acids is 1. The quantitative estimate of drug-likeness (QED) is 0.476. The number of carbonyl (C=O) groups is 1. The van der Waals surface area contributed by atoms with E-state index in [4.69, 9.17) is 4.74 Å². The second-order valence-electron chi connectivity index (χ2n) is 5.11. The zero-order chi connectivity index (χ0) is 14.6. The Morgan fingerprint density at radius 1 is 1.10 bits per heavy atom. The molecule has 4 heteroatoms. The molecule has 0 amide bonds. The second kappa shape index (κ2) is 10.4. The third kappa shape index (κ3) is 6.64. The minimum absolute atomic E-state index is 0.0151. The molecule has 1 atom stereocenters. The van der Waals surface area contributed by atoms with E-state index < -0.39 is 0 Å². The van der Waals surface area contributed by atoms with Crippen molar-refractivity contribution in [1.82, 2.24) is 9.97 Å². The summed E-state index contributed by atoms with van der Waals surface area (Å²) in [5.74, 6) is -0.352. The van der Waals surface area contributed by atoms with Crippen molar-refractivity contribution in [2.45, 2.75) is 71.3 Å². The van der Waals surface area contributed by atoms with Gasteiger partial charge < -0.3 is 4.74 Å². The monoisotopic (exact) mass is 278 g/mol. The van der Waals surface area contributed by atoms with E-state index in [0.29, 0.717) is 5.69 Å². The fraction of sp³-hybridized carbons (Fsp3) is 0.688. The third-order valence-electron chi connectivity index (χ3n) is 3.31. The van der Waals surface area contributed by atoms with E-state index in [9.17, 15) is 4.79 Å². The molecule has 0 aliphatic carbocycles. The van der Waals surface area contributed by atoms with Crippen molar-refractivity contribution in [1.29, 1.82) is 0 Å². The van der Waals surface area contributed by atoms with Gasteiger partial charge in [-0.05, 0) is 19.3 Å². The number of unbranched alkanes of at least 4 members (excludes halogenated alkanes) is 4. The summed E-state index contributed by atoms with van der Waals surface area (Å²) < 4.78 is 5.58. The molecule has 0 bridgehead atoms. The summed E-state index contributed by atoms with van der Waals surface area (Å²) in [5, 5.41) is 0. The lowest BCUT2D eigenvalue weighted by atomic mass is 10.0. The Balaban J connectivity index is 2.44. The van der Waals surface area contributed by atoms with Gasteiger partial charge >= 0.3 is 5.97 Å². The van der Waals surface area contributed by atoms with Gasteiger partial charge in [-0.2, -0.15) is 0 Å². The van der Waals surface area contributed by atoms with Crippen LogP contribution in [-0.2, 0) is 4.74 Å². The lowest BCUT2D eigenvalue weighted by molar-refractivity contribution is 0.0242. The molecule has 0 radical (unpaired) electrons. The summed E-state index contributed by atoms with van der Waals surface area (Å²) in [4.78, 5) is 19.9. The molecule has 4 nitrogen and oxygen atoms in total. The highest BCUT2D eigenvalue weighted by Gasteiger charge is 2.16. The maximum absolute atomic E-state index is 12.0. The zero-order valence-electron chi connectivity index (χ0n) is 12.7. The second-order valence-corrected chi connectivity index (χ2v) is 5.11. The fourth-order valence-electron chi connectivity index (χ4n) is 2.11. The summed E-state index contributed by atoms with van der Waals surface area (Å²) in [6.45, 7) is 4.35. The van der Waals surface area contributed by atoms with Crippen LogP contribution < -0.4 is 0 Å². The minimum Gasteiger partial charge on any atom is -0.458 e. The molecule has 0 spiro atoms. The van der Waals surface area contributed by atoms with E-state index in [-0.39, 0.29) is 12.1 Å². The van der Waals surface area contributed by atoms with Gasteiger partial charge in [0, 0.05) is 12.4 Å². The van der Waals surface area contributed by atoms with Gasteiger partial charge in [0.25, 0.3) is 0 Å². The molecule has 112 valence electrons. The lowest BCUT2D eigenvalue weighted by Gasteiger charge is -2.17. The molecule has 0 aliphatic heterocycles. The Morgan fingerprint density at radius 3 is 2.50 bits per heavy atom. The largest absolute Gasteiger partial charge is 0.458 e. The van der Waals surface area contributed by atoms with Gasteiger partial charge in [-0.15, -0.1) is 0 Å². The number of esters is 1. The summed E-state index contributed by atoms with van der Waals surface area (Å²) >= 11 is 0. The first-order chi connectivity index (χ1) is 9.77. The molecular formula is C16H26N2O2. The summed E-state index contributed by atoms with van der Waals surface area (Å²) in [5.41, 5.74) is 0.294. The number of rotatable bonds is 10. The van der Waals surface area contributed by atoms with Gasteiger partial charge in [-0.25, -0.2) is 9.78 Å². The normalized spacial score (nSPS) is 12.1. The van der Waals surface area contributed by atoms with Crippen LogP contribution in [0.2, 0.25) is 0 Å². The minimum atomic E-state index is -0.352. The van der Waals surface area contributed by atoms with Crippen LogP contribution in [-0.4, -0.2) is 22.0 Å². The molecule has 0 aliphatic rings. The Labute approximate surface area is 122 Å². The molecular weight excluding hydrogens is 252 g/mol. The number of ether oxygens (including phenoxy) is 1. The molecule has 0 fully saturated rings. The zero-order valence-corrected chi connectivity index (χ0v) is 12.7. The topological polar surface area (TPSA) is 52.1 Å². The molecule has 0 N–H and O–H groups in total. The summed E-state index contributed by atoms with van der Waals surface area (Å²) in [7, 11) is 0. The van der Waals surface area contributed by atoms with Crippen molar-refractivity contribution in [3.05, 3.63) is 24.3 Å². The Bertz CT molecular complexity index is 368. The van der Waals surface area contributed by atoms with Crippen molar-refractivity contribution < 1.29 is 9.53 Å². The van der Waals surface area contributed by atoms with E-state index in [1.54, 1.807) is 6.20 Å². The maximum atomic E-state index is 12.0. The molecule has 20 heavy (non-hydrogen) atoms. The van der Waals surface area contributed by atoms with Crippen molar-refractivity contribution in [3.63, 3.8) is 0 Å². The van der Waals surface area contributed by atoms with Crippen LogP contribution in [0.3, 0.4) is 0 Å². The predicted molar refractivity (Wildman–Crippen MR) is 79.5 cm³/mol. The van der Waals surface area contributed by atoms with Gasteiger partial charge in [0.05, 0.1) is 6.20 Å². The van der Waals surface area contributed by atoms with Gasteiger partial charge in [-0.1, -0.05) is 46.0 Å². The van der Waals surface area contributed by atoms with Gasteiger partial charge in [0.2, 0.25) is 0 Å². The standard InChI is InChI=1S/C16H26N2O2/c1-3-5-7-8-10-14(9-6-4-2)20-16(19)15-13-17-11-12-18-15/h11-14H,3-10H2,1-2H3. The first-order valence-corrected chi connectivity index (χ1v) is 7.74. The number of nitrogens with zero attached hydrogens (tertiary/aromatic N) is 2. The van der Waals surface area contributed by atoms with Gasteiger partial charge in [0.15, 0.2) is 5.69 Å². The molecule has 1 aromatic heterocycles. The average molecular weight is 278 g/mol. The van der Waals surface area contributed by atoms with Crippen LogP contribution in [0.1, 0.15) is 75.7 Å². The fourth-order valence-corrected chi connectivity index (χ4v) is 2.11. The van der Waals surface area contributed by atoms with Gasteiger partial charge in [0.1, 0.15) is 6.10 Å². The maximum Gasteiger partial charge on any atom is 0.358 e. The Kier molecular flexibility index (Phi) is 8.59. The SMILES string of the molecule is CCCCCCC(CCCC)OC(=O)c1cnccn1.